The highest BCUT2D eigenvalue weighted by atomic mass is 32.2. The van der Waals surface area contributed by atoms with Crippen LogP contribution in [-0.4, -0.2) is 37.6 Å². The molecule has 0 spiro atoms. The van der Waals surface area contributed by atoms with Crippen molar-refractivity contribution in [2.45, 2.75) is 31.1 Å². The van der Waals surface area contributed by atoms with Gasteiger partial charge < -0.3 is 14.8 Å². The lowest BCUT2D eigenvalue weighted by Gasteiger charge is -2.05. The van der Waals surface area contributed by atoms with Gasteiger partial charge in [-0.15, -0.1) is 5.10 Å². The molecule has 0 aliphatic heterocycles. The summed E-state index contributed by atoms with van der Waals surface area (Å²) in [5, 5.41) is 25.2. The van der Waals surface area contributed by atoms with Crippen molar-refractivity contribution < 1.29 is 9.52 Å². The number of furan rings is 1. The van der Waals surface area contributed by atoms with E-state index in [1.54, 1.807) is 23.4 Å². The highest BCUT2D eigenvalue weighted by Crippen LogP contribution is 2.24. The number of rotatable bonds is 9. The molecular formula is C18H23N5O2S. The summed E-state index contributed by atoms with van der Waals surface area (Å²) in [5.41, 5.74) is 1.91. The summed E-state index contributed by atoms with van der Waals surface area (Å²) in [6.07, 6.45) is 0.565. The zero-order valence-electron chi connectivity index (χ0n) is 14.9. The topological polar surface area (TPSA) is 89.0 Å². The third-order valence-electron chi connectivity index (χ3n) is 3.95. The molecule has 0 unspecified atom stereocenters. The molecule has 0 saturated heterocycles. The molecule has 8 heteroatoms. The first-order valence-electron chi connectivity index (χ1n) is 8.56. The van der Waals surface area contributed by atoms with Crippen LogP contribution in [0.25, 0.3) is 11.3 Å². The Balaban J connectivity index is 1.40. The molecule has 2 heterocycles. The minimum Gasteiger partial charge on any atom is -0.460 e. The third kappa shape index (κ3) is 4.94. The predicted octanol–water partition coefficient (Wildman–Crippen LogP) is 2.80. The van der Waals surface area contributed by atoms with E-state index in [0.29, 0.717) is 6.54 Å². The Labute approximate surface area is 156 Å². The third-order valence-corrected chi connectivity index (χ3v) is 5.05. The highest BCUT2D eigenvalue weighted by molar-refractivity contribution is 7.99. The number of aromatic nitrogens is 4. The number of aliphatic hydroxyl groups excluding tert-OH is 1. The van der Waals surface area contributed by atoms with E-state index in [4.69, 9.17) is 4.42 Å². The fourth-order valence-corrected chi connectivity index (χ4v) is 3.26. The maximum absolute atomic E-state index is 9.57. The van der Waals surface area contributed by atoms with Crippen molar-refractivity contribution in [1.29, 1.82) is 0 Å². The maximum Gasteiger partial charge on any atom is 0.209 e. The van der Waals surface area contributed by atoms with Gasteiger partial charge in [0.15, 0.2) is 0 Å². The molecule has 26 heavy (non-hydrogen) atoms. The molecule has 0 saturated carbocycles. The fourth-order valence-electron chi connectivity index (χ4n) is 2.47. The van der Waals surface area contributed by atoms with E-state index in [-0.39, 0.29) is 0 Å². The Morgan fingerprint density at radius 3 is 2.73 bits per heavy atom. The number of nitrogens with zero attached hydrogens (tertiary/aromatic N) is 4. The van der Waals surface area contributed by atoms with E-state index in [0.717, 1.165) is 46.5 Å². The van der Waals surface area contributed by atoms with Crippen LogP contribution in [0.5, 0.6) is 0 Å². The Morgan fingerprint density at radius 1 is 1.23 bits per heavy atom. The second-order valence-corrected chi connectivity index (χ2v) is 7.09. The number of tetrazole rings is 1. The summed E-state index contributed by atoms with van der Waals surface area (Å²) in [5.74, 6) is 2.70. The molecule has 0 bridgehead atoms. The SMILES string of the molecule is C[C@H](O)c1ccc(-c2ccc(CNCCCSc3nnnn3C)o2)cc1. The van der Waals surface area contributed by atoms with Crippen molar-refractivity contribution in [1.82, 2.24) is 25.5 Å². The number of aliphatic hydroxyl groups is 1. The monoisotopic (exact) mass is 373 g/mol. The smallest absolute Gasteiger partial charge is 0.209 e. The van der Waals surface area contributed by atoms with E-state index in [1.807, 2.05) is 43.4 Å². The second-order valence-electron chi connectivity index (χ2n) is 6.03. The normalized spacial score (nSPS) is 12.4. The van der Waals surface area contributed by atoms with E-state index in [1.165, 1.54) is 0 Å². The van der Waals surface area contributed by atoms with Gasteiger partial charge in [-0.05, 0) is 48.0 Å². The van der Waals surface area contributed by atoms with E-state index in [2.05, 4.69) is 20.8 Å². The lowest BCUT2D eigenvalue weighted by molar-refractivity contribution is 0.199. The average molecular weight is 373 g/mol. The summed E-state index contributed by atoms with van der Waals surface area (Å²) in [4.78, 5) is 0. The molecule has 7 nitrogen and oxygen atoms in total. The van der Waals surface area contributed by atoms with Crippen molar-refractivity contribution in [3.8, 4) is 11.3 Å². The maximum atomic E-state index is 9.57. The van der Waals surface area contributed by atoms with Gasteiger partial charge >= 0.3 is 0 Å². The number of benzene rings is 1. The molecule has 2 N–H and O–H groups in total. The van der Waals surface area contributed by atoms with Gasteiger partial charge in [-0.1, -0.05) is 36.0 Å². The molecule has 1 atom stereocenters. The quantitative estimate of drug-likeness (QED) is 0.440. The van der Waals surface area contributed by atoms with Crippen LogP contribution < -0.4 is 5.32 Å². The summed E-state index contributed by atoms with van der Waals surface area (Å²) in [6, 6.07) is 11.7. The van der Waals surface area contributed by atoms with Crippen LogP contribution in [-0.2, 0) is 13.6 Å². The molecule has 0 radical (unpaired) electrons. The van der Waals surface area contributed by atoms with Crippen LogP contribution in [0.4, 0.5) is 0 Å². The zero-order valence-corrected chi connectivity index (χ0v) is 15.7. The van der Waals surface area contributed by atoms with Gasteiger partial charge in [-0.25, -0.2) is 4.68 Å². The number of aryl methyl sites for hydroxylation is 1. The van der Waals surface area contributed by atoms with Gasteiger partial charge in [0, 0.05) is 18.4 Å². The van der Waals surface area contributed by atoms with E-state index < -0.39 is 6.10 Å². The van der Waals surface area contributed by atoms with Crippen LogP contribution in [0.1, 0.15) is 30.8 Å². The number of hydrogen-bond acceptors (Lipinski definition) is 7. The van der Waals surface area contributed by atoms with Crippen LogP contribution in [0.2, 0.25) is 0 Å². The molecule has 0 aliphatic carbocycles. The molecule has 138 valence electrons. The predicted molar refractivity (Wildman–Crippen MR) is 101 cm³/mol. The van der Waals surface area contributed by atoms with Gasteiger partial charge in [0.05, 0.1) is 12.6 Å². The van der Waals surface area contributed by atoms with Crippen molar-refractivity contribution >= 4 is 11.8 Å². The Morgan fingerprint density at radius 2 is 2.04 bits per heavy atom. The molecule has 3 aromatic rings. The lowest BCUT2D eigenvalue weighted by atomic mass is 10.1. The first kappa shape index (κ1) is 18.6. The second kappa shape index (κ2) is 8.98. The van der Waals surface area contributed by atoms with Crippen molar-refractivity contribution in [3.63, 3.8) is 0 Å². The van der Waals surface area contributed by atoms with Crippen molar-refractivity contribution in [2.24, 2.45) is 7.05 Å². The van der Waals surface area contributed by atoms with Gasteiger partial charge in [0.2, 0.25) is 5.16 Å². The first-order chi connectivity index (χ1) is 12.6. The van der Waals surface area contributed by atoms with Gasteiger partial charge in [0.25, 0.3) is 0 Å². The molecule has 0 fully saturated rings. The van der Waals surface area contributed by atoms with Crippen LogP contribution in [0, 0.1) is 0 Å². The summed E-state index contributed by atoms with van der Waals surface area (Å²) in [7, 11) is 1.84. The Kier molecular flexibility index (Phi) is 6.43. The minimum atomic E-state index is -0.455. The molecule has 2 aromatic heterocycles. The van der Waals surface area contributed by atoms with E-state index >= 15 is 0 Å². The van der Waals surface area contributed by atoms with Crippen LogP contribution in [0.15, 0.2) is 46.0 Å². The Hall–Kier alpha value is -2.16. The number of hydrogen-bond donors (Lipinski definition) is 2. The first-order valence-corrected chi connectivity index (χ1v) is 9.55. The average Bonchev–Trinajstić information content (AvgIpc) is 3.27. The van der Waals surface area contributed by atoms with Crippen LogP contribution >= 0.6 is 11.8 Å². The van der Waals surface area contributed by atoms with Crippen LogP contribution in [0.3, 0.4) is 0 Å². The molecule has 1 aromatic carbocycles. The lowest BCUT2D eigenvalue weighted by Crippen LogP contribution is -2.14. The van der Waals surface area contributed by atoms with Gasteiger partial charge in [-0.3, -0.25) is 0 Å². The summed E-state index contributed by atoms with van der Waals surface area (Å²) >= 11 is 1.65. The molecular weight excluding hydrogens is 350 g/mol. The largest absolute Gasteiger partial charge is 0.460 e. The van der Waals surface area contributed by atoms with Gasteiger partial charge in [-0.2, -0.15) is 0 Å². The molecule has 3 rings (SSSR count). The number of nitrogens with one attached hydrogen (secondary N) is 1. The van der Waals surface area contributed by atoms with Crippen molar-refractivity contribution in [2.75, 3.05) is 12.3 Å². The summed E-state index contributed by atoms with van der Waals surface area (Å²) in [6.45, 7) is 3.35. The molecule has 0 aliphatic rings. The zero-order chi connectivity index (χ0) is 18.4. The minimum absolute atomic E-state index is 0.455. The highest BCUT2D eigenvalue weighted by Gasteiger charge is 2.07. The van der Waals surface area contributed by atoms with E-state index in [9.17, 15) is 5.11 Å². The Bertz CT molecular complexity index is 813. The number of thioether (sulfide) groups is 1. The standard InChI is InChI=1S/C18H23N5O2S/c1-13(24)14-4-6-15(7-5-14)17-9-8-16(25-17)12-19-10-3-11-26-18-20-21-22-23(18)2/h4-9,13,19,24H,3,10-12H2,1-2H3/t13-/m0/s1. The fraction of sp³-hybridized carbons (Fsp3) is 0.389. The van der Waals surface area contributed by atoms with Gasteiger partial charge in [0.1, 0.15) is 11.5 Å². The van der Waals surface area contributed by atoms with Crippen molar-refractivity contribution in [3.05, 3.63) is 47.7 Å². The molecule has 0 amide bonds. The summed E-state index contributed by atoms with van der Waals surface area (Å²) < 4.78 is 7.57.